The molecule has 16 heavy (non-hydrogen) atoms. The van der Waals surface area contributed by atoms with E-state index in [9.17, 15) is 0 Å². The minimum absolute atomic E-state index is 0.606. The van der Waals surface area contributed by atoms with Crippen molar-refractivity contribution in [2.24, 2.45) is 5.92 Å². The second kappa shape index (κ2) is 4.68. The number of nitrogens with one attached hydrogen (secondary N) is 2. The Balaban J connectivity index is 2.12. The summed E-state index contributed by atoms with van der Waals surface area (Å²) in [4.78, 5) is 8.91. The Morgan fingerprint density at radius 1 is 1.31 bits per heavy atom. The quantitative estimate of drug-likeness (QED) is 0.799. The Morgan fingerprint density at radius 2 is 2.00 bits per heavy atom. The molecule has 0 bridgehead atoms. The number of rotatable bonds is 5. The number of hydrogen-bond acceptors (Lipinski definition) is 4. The number of aryl methyl sites for hydroxylation is 1. The van der Waals surface area contributed by atoms with E-state index >= 15 is 0 Å². The van der Waals surface area contributed by atoms with Crippen molar-refractivity contribution < 1.29 is 0 Å². The summed E-state index contributed by atoms with van der Waals surface area (Å²) in [6.45, 7) is 7.29. The molecule has 2 rings (SSSR count). The molecule has 88 valence electrons. The fourth-order valence-corrected chi connectivity index (χ4v) is 1.71. The van der Waals surface area contributed by atoms with Crippen LogP contribution in [0.25, 0.3) is 0 Å². The largest absolute Gasteiger partial charge is 0.370 e. The summed E-state index contributed by atoms with van der Waals surface area (Å²) in [5, 5.41) is 6.68. The summed E-state index contributed by atoms with van der Waals surface area (Å²) in [7, 11) is 0. The van der Waals surface area contributed by atoms with Gasteiger partial charge in [-0.15, -0.1) is 0 Å². The van der Waals surface area contributed by atoms with Crippen LogP contribution in [0.3, 0.4) is 0 Å². The highest BCUT2D eigenvalue weighted by Gasteiger charge is 2.32. The van der Waals surface area contributed by atoms with Crippen LogP contribution in [0, 0.1) is 5.92 Å². The van der Waals surface area contributed by atoms with E-state index in [1.807, 2.05) is 6.07 Å². The summed E-state index contributed by atoms with van der Waals surface area (Å²) in [5.74, 6) is 3.55. The minimum atomic E-state index is 0.606. The van der Waals surface area contributed by atoms with E-state index in [0.29, 0.717) is 6.04 Å². The lowest BCUT2D eigenvalue weighted by Gasteiger charge is -2.09. The topological polar surface area (TPSA) is 49.8 Å². The molecule has 0 radical (unpaired) electrons. The molecule has 4 nitrogen and oxygen atoms in total. The summed E-state index contributed by atoms with van der Waals surface area (Å²) >= 11 is 0. The molecule has 1 aliphatic rings. The van der Waals surface area contributed by atoms with Gasteiger partial charge in [-0.1, -0.05) is 13.8 Å². The molecule has 2 N–H and O–H groups in total. The molecule has 0 aromatic carbocycles. The number of hydrogen-bond donors (Lipinski definition) is 2. The van der Waals surface area contributed by atoms with Crippen molar-refractivity contribution >= 4 is 11.6 Å². The molecule has 1 fully saturated rings. The smallest absolute Gasteiger partial charge is 0.132 e. The molecular formula is C12H20N4. The minimum Gasteiger partial charge on any atom is -0.370 e. The van der Waals surface area contributed by atoms with Gasteiger partial charge in [-0.25, -0.2) is 9.97 Å². The normalized spacial score (nSPS) is 22.9. The highest BCUT2D eigenvalue weighted by molar-refractivity contribution is 5.48. The standard InChI is InChI=1S/C12H20N4/c1-4-10-15-11(13-5-2)7-12(16-10)14-9-6-8(9)3/h7-9H,4-6H2,1-3H3,(H2,13,14,15,16). The van der Waals surface area contributed by atoms with Crippen molar-refractivity contribution in [1.29, 1.82) is 0 Å². The van der Waals surface area contributed by atoms with Crippen molar-refractivity contribution in [3.05, 3.63) is 11.9 Å². The first-order chi connectivity index (χ1) is 7.72. The van der Waals surface area contributed by atoms with Gasteiger partial charge >= 0.3 is 0 Å². The molecule has 1 saturated carbocycles. The molecule has 0 saturated heterocycles. The number of nitrogens with zero attached hydrogens (tertiary/aromatic N) is 2. The molecule has 1 aliphatic carbocycles. The number of anilines is 2. The molecule has 2 unspecified atom stereocenters. The Morgan fingerprint density at radius 3 is 2.56 bits per heavy atom. The summed E-state index contributed by atoms with van der Waals surface area (Å²) in [6, 6.07) is 2.60. The van der Waals surface area contributed by atoms with Gasteiger partial charge in [-0.3, -0.25) is 0 Å². The van der Waals surface area contributed by atoms with Gasteiger partial charge in [-0.05, 0) is 19.3 Å². The van der Waals surface area contributed by atoms with Crippen LogP contribution in [0.5, 0.6) is 0 Å². The third kappa shape index (κ3) is 2.62. The van der Waals surface area contributed by atoms with Crippen LogP contribution >= 0.6 is 0 Å². The average Bonchev–Trinajstić information content (AvgIpc) is 2.94. The second-order valence-electron chi connectivity index (χ2n) is 4.40. The van der Waals surface area contributed by atoms with Gasteiger partial charge in [0.2, 0.25) is 0 Å². The fourth-order valence-electron chi connectivity index (χ4n) is 1.71. The van der Waals surface area contributed by atoms with E-state index in [1.54, 1.807) is 0 Å². The Hall–Kier alpha value is -1.32. The molecule has 0 spiro atoms. The predicted molar refractivity (Wildman–Crippen MR) is 66.8 cm³/mol. The molecule has 2 atom stereocenters. The first-order valence-corrected chi connectivity index (χ1v) is 6.11. The maximum atomic E-state index is 4.49. The van der Waals surface area contributed by atoms with Crippen LogP contribution in [0.1, 0.15) is 33.0 Å². The molecule has 1 aromatic rings. The van der Waals surface area contributed by atoms with Gasteiger partial charge in [0.25, 0.3) is 0 Å². The van der Waals surface area contributed by atoms with Crippen molar-refractivity contribution in [1.82, 2.24) is 9.97 Å². The zero-order chi connectivity index (χ0) is 11.5. The van der Waals surface area contributed by atoms with Crippen LogP contribution in [0.2, 0.25) is 0 Å². The lowest BCUT2D eigenvalue weighted by molar-refractivity contribution is 0.900. The van der Waals surface area contributed by atoms with Crippen molar-refractivity contribution in [3.8, 4) is 0 Å². The maximum absolute atomic E-state index is 4.49. The maximum Gasteiger partial charge on any atom is 0.132 e. The second-order valence-corrected chi connectivity index (χ2v) is 4.40. The van der Waals surface area contributed by atoms with E-state index in [1.165, 1.54) is 6.42 Å². The van der Waals surface area contributed by atoms with Crippen molar-refractivity contribution in [2.75, 3.05) is 17.2 Å². The zero-order valence-electron chi connectivity index (χ0n) is 10.2. The monoisotopic (exact) mass is 220 g/mol. The van der Waals surface area contributed by atoms with E-state index in [0.717, 1.165) is 36.3 Å². The molecule has 1 aromatic heterocycles. The van der Waals surface area contributed by atoms with E-state index < -0.39 is 0 Å². The lowest BCUT2D eigenvalue weighted by Crippen LogP contribution is -2.09. The van der Waals surface area contributed by atoms with Gasteiger partial charge in [-0.2, -0.15) is 0 Å². The van der Waals surface area contributed by atoms with Crippen molar-refractivity contribution in [3.63, 3.8) is 0 Å². The Kier molecular flexibility index (Phi) is 3.27. The fraction of sp³-hybridized carbons (Fsp3) is 0.667. The summed E-state index contributed by atoms with van der Waals surface area (Å²) in [5.41, 5.74) is 0. The Labute approximate surface area is 96.9 Å². The van der Waals surface area contributed by atoms with E-state index in [2.05, 4.69) is 41.4 Å². The predicted octanol–water partition coefficient (Wildman–Crippen LogP) is 2.29. The van der Waals surface area contributed by atoms with E-state index in [4.69, 9.17) is 0 Å². The van der Waals surface area contributed by atoms with Crippen LogP contribution in [-0.2, 0) is 6.42 Å². The number of aromatic nitrogens is 2. The first-order valence-electron chi connectivity index (χ1n) is 6.11. The first kappa shape index (κ1) is 11.2. The highest BCUT2D eigenvalue weighted by atomic mass is 15.1. The molecule has 1 heterocycles. The van der Waals surface area contributed by atoms with Gasteiger partial charge in [0.1, 0.15) is 17.5 Å². The van der Waals surface area contributed by atoms with Gasteiger partial charge in [0.15, 0.2) is 0 Å². The third-order valence-electron chi connectivity index (χ3n) is 2.89. The van der Waals surface area contributed by atoms with Gasteiger partial charge < -0.3 is 10.6 Å². The van der Waals surface area contributed by atoms with Crippen molar-refractivity contribution in [2.45, 2.75) is 39.7 Å². The molecule has 0 aliphatic heterocycles. The van der Waals surface area contributed by atoms with Crippen LogP contribution in [0.4, 0.5) is 11.6 Å². The summed E-state index contributed by atoms with van der Waals surface area (Å²) < 4.78 is 0. The average molecular weight is 220 g/mol. The van der Waals surface area contributed by atoms with Gasteiger partial charge in [0, 0.05) is 25.1 Å². The zero-order valence-corrected chi connectivity index (χ0v) is 10.2. The summed E-state index contributed by atoms with van der Waals surface area (Å²) in [6.07, 6.45) is 2.12. The third-order valence-corrected chi connectivity index (χ3v) is 2.89. The van der Waals surface area contributed by atoms with Crippen LogP contribution in [-0.4, -0.2) is 22.6 Å². The lowest BCUT2D eigenvalue weighted by atomic mass is 10.4. The van der Waals surface area contributed by atoms with Crippen LogP contribution in [0.15, 0.2) is 6.07 Å². The highest BCUT2D eigenvalue weighted by Crippen LogP contribution is 2.32. The SMILES string of the molecule is CCNc1cc(NC2CC2C)nc(CC)n1. The Bertz CT molecular complexity index is 364. The molecule has 4 heteroatoms. The van der Waals surface area contributed by atoms with Crippen LogP contribution < -0.4 is 10.6 Å². The molecular weight excluding hydrogens is 200 g/mol. The van der Waals surface area contributed by atoms with E-state index in [-0.39, 0.29) is 0 Å². The molecule has 0 amide bonds. The van der Waals surface area contributed by atoms with Gasteiger partial charge in [0.05, 0.1) is 0 Å².